The number of allylic oxidation sites excluding steroid dienone is 6. The third-order valence-corrected chi connectivity index (χ3v) is 36.8. The van der Waals surface area contributed by atoms with Crippen molar-refractivity contribution in [1.82, 2.24) is 0 Å². The second-order valence-electron chi connectivity index (χ2n) is 16.3. The fourth-order valence-corrected chi connectivity index (χ4v) is 38.2. The van der Waals surface area contributed by atoms with Crippen molar-refractivity contribution in [2.75, 3.05) is 0 Å². The summed E-state index contributed by atoms with van der Waals surface area (Å²) in [6.45, 7) is 15.7. The number of fused-ring (bicyclic) bond motifs is 7. The number of aryl methyl sites for hydroxylation is 2. The van der Waals surface area contributed by atoms with Crippen LogP contribution in [0.1, 0.15) is 88.0 Å². The third-order valence-electron chi connectivity index (χ3n) is 13.9. The molecule has 0 heterocycles. The minimum absolute atomic E-state index is 0. The van der Waals surface area contributed by atoms with Gasteiger partial charge < -0.3 is 24.8 Å². The van der Waals surface area contributed by atoms with Gasteiger partial charge in [0.2, 0.25) is 0 Å². The van der Waals surface area contributed by atoms with E-state index < -0.39 is 25.8 Å². The number of halogens is 2. The van der Waals surface area contributed by atoms with E-state index >= 15 is 0 Å². The van der Waals surface area contributed by atoms with E-state index in [0.717, 1.165) is 23.7 Å². The topological polar surface area (TPSA) is 0 Å². The summed E-state index contributed by atoms with van der Waals surface area (Å²) in [5, 5.41) is 3.35. The van der Waals surface area contributed by atoms with Crippen LogP contribution in [0.4, 0.5) is 0 Å². The van der Waals surface area contributed by atoms with Crippen molar-refractivity contribution < 1.29 is 45.2 Å². The molecule has 5 aliphatic carbocycles. The molecule has 3 aromatic rings. The molecule has 8 rings (SSSR count). The van der Waals surface area contributed by atoms with Gasteiger partial charge in [-0.3, -0.25) is 0 Å². The van der Waals surface area contributed by atoms with Gasteiger partial charge in [0.15, 0.2) is 0 Å². The van der Waals surface area contributed by atoms with Crippen LogP contribution in [0.5, 0.6) is 0 Å². The standard InChI is InChI=1S/C25H33.C14H14Si.C5H5.2ClH.Zr/c1-15-13-21-19-11-7-8-12-20(19)24-18-10-6-5-9-17(18)14-22(24)23(21)16(2)25(15,3)4;1-11-5-3-7-13(9-11)15-14-8-4-6-12(2)10-14;1-2-4-5-3-1;;;/h5-6,9-10,15,19-21,24H,7-8,11-14H2,1-4H3;3-10H,1-2H3;1-5H;2*1H;/q;;;;;+2/p-2. The van der Waals surface area contributed by atoms with Gasteiger partial charge >= 0.3 is 288 Å². The molecule has 2 fully saturated rings. The Morgan fingerprint density at radius 1 is 0.750 bits per heavy atom. The molecular weight excluding hydrogens is 719 g/mol. The average molecular weight is 771 g/mol. The van der Waals surface area contributed by atoms with Gasteiger partial charge in [0.05, 0.1) is 0 Å². The van der Waals surface area contributed by atoms with E-state index in [0.29, 0.717) is 9.54 Å². The van der Waals surface area contributed by atoms with Gasteiger partial charge in [-0.25, -0.2) is 0 Å². The molecule has 250 valence electrons. The predicted octanol–water partition coefficient (Wildman–Crippen LogP) is 4.27. The number of benzene rings is 3. The van der Waals surface area contributed by atoms with Gasteiger partial charge in [-0.05, 0) is 0 Å². The zero-order valence-electron chi connectivity index (χ0n) is 29.7. The number of rotatable bonds is 4. The average Bonchev–Trinajstić information content (AvgIpc) is 3.71. The van der Waals surface area contributed by atoms with Crippen LogP contribution in [0.15, 0.2) is 108 Å². The maximum absolute atomic E-state index is 2.90. The molecule has 0 saturated heterocycles. The van der Waals surface area contributed by atoms with Crippen molar-refractivity contribution in [3.8, 4) is 0 Å². The molecule has 2 saturated carbocycles. The fourth-order valence-electron chi connectivity index (χ4n) is 11.3. The summed E-state index contributed by atoms with van der Waals surface area (Å²) in [7, 11) is 0. The normalized spacial score (nSPS) is 29.4. The SMILES string of the molecule is Cc1cccc([Si](c2cccc(C)c2)=[Zr+2]([CH]2C=CC=C2)[C]2(C)C3=C4Cc5ccccc5C4C4CCCCC4C3CC(C)C2(C)C)c1.[Cl-].[Cl-]. The molecule has 0 nitrogen and oxygen atoms in total. The first-order chi connectivity index (χ1) is 22.2. The minimum Gasteiger partial charge on any atom is -1.00 e. The Labute approximate surface area is 311 Å². The van der Waals surface area contributed by atoms with Crippen LogP contribution in [0.3, 0.4) is 0 Å². The van der Waals surface area contributed by atoms with Crippen molar-refractivity contribution in [3.05, 3.63) is 131 Å². The Kier molecular flexibility index (Phi) is 10.6. The van der Waals surface area contributed by atoms with Gasteiger partial charge in [-0.15, -0.1) is 0 Å². The Balaban J connectivity index is 0.00000201. The molecule has 48 heavy (non-hydrogen) atoms. The first-order valence-corrected chi connectivity index (χ1v) is 26.1. The van der Waals surface area contributed by atoms with E-state index in [1.807, 2.05) is 11.1 Å². The summed E-state index contributed by atoms with van der Waals surface area (Å²) < 4.78 is 0.883. The summed E-state index contributed by atoms with van der Waals surface area (Å²) in [5.74, 6) is 3.84. The molecule has 0 bridgehead atoms. The molecule has 0 aliphatic heterocycles. The molecule has 6 unspecified atom stereocenters. The molecule has 6 atom stereocenters. The van der Waals surface area contributed by atoms with Crippen LogP contribution < -0.4 is 35.2 Å². The van der Waals surface area contributed by atoms with Gasteiger partial charge in [0, 0.05) is 0 Å². The molecule has 0 spiro atoms. The summed E-state index contributed by atoms with van der Waals surface area (Å²) in [5.41, 5.74) is 9.34. The van der Waals surface area contributed by atoms with E-state index in [2.05, 4.69) is 139 Å². The monoisotopic (exact) mass is 768 g/mol. The van der Waals surface area contributed by atoms with E-state index in [9.17, 15) is 0 Å². The second-order valence-corrected chi connectivity index (χ2v) is 31.2. The van der Waals surface area contributed by atoms with E-state index in [-0.39, 0.29) is 33.4 Å². The van der Waals surface area contributed by atoms with Gasteiger partial charge in [-0.1, -0.05) is 0 Å². The van der Waals surface area contributed by atoms with Crippen LogP contribution in [0.25, 0.3) is 0 Å². The summed E-state index contributed by atoms with van der Waals surface area (Å²) in [6, 6.07) is 29.3. The van der Waals surface area contributed by atoms with Gasteiger partial charge in [-0.2, -0.15) is 0 Å². The quantitative estimate of drug-likeness (QED) is 0.275. The van der Waals surface area contributed by atoms with Crippen LogP contribution in [0, 0.1) is 42.9 Å². The smallest absolute Gasteiger partial charge is 1.00 e. The zero-order valence-corrected chi connectivity index (χ0v) is 34.7. The molecule has 0 aromatic heterocycles. The summed E-state index contributed by atoms with van der Waals surface area (Å²) >= 11 is -2.59. The molecule has 4 heteroatoms. The number of hydrogen-bond donors (Lipinski definition) is 0. The van der Waals surface area contributed by atoms with Crippen molar-refractivity contribution in [3.63, 3.8) is 0 Å². The van der Waals surface area contributed by atoms with Gasteiger partial charge in [0.25, 0.3) is 0 Å². The summed E-state index contributed by atoms with van der Waals surface area (Å²) in [4.78, 5) is 0. The van der Waals surface area contributed by atoms with Crippen LogP contribution in [-0.2, 0) is 26.8 Å². The maximum Gasteiger partial charge on any atom is -1.00 e. The largest absolute Gasteiger partial charge is 1.00 e. The maximum atomic E-state index is 2.90. The minimum atomic E-state index is -2.59. The Morgan fingerprint density at radius 2 is 1.35 bits per heavy atom. The Bertz CT molecular complexity index is 1770. The molecular formula is C44H52Cl2SiZr. The molecule has 0 radical (unpaired) electrons. The summed E-state index contributed by atoms with van der Waals surface area (Å²) in [6.07, 6.45) is 18.5. The van der Waals surface area contributed by atoms with E-state index in [1.165, 1.54) is 49.7 Å². The van der Waals surface area contributed by atoms with Crippen LogP contribution in [-0.4, -0.2) is 5.43 Å². The molecule has 0 N–H and O–H groups in total. The predicted molar refractivity (Wildman–Crippen MR) is 194 cm³/mol. The Morgan fingerprint density at radius 3 is 1.98 bits per heavy atom. The fraction of sp³-hybridized carbons (Fsp3) is 0.455. The van der Waals surface area contributed by atoms with Crippen LogP contribution in [0.2, 0.25) is 6.75 Å². The molecule has 5 aliphatic rings. The zero-order chi connectivity index (χ0) is 31.8. The van der Waals surface area contributed by atoms with Crippen molar-refractivity contribution in [2.45, 2.75) is 92.7 Å². The Hall–Kier alpha value is -1.44. The number of hydrogen-bond acceptors (Lipinski definition) is 0. The van der Waals surface area contributed by atoms with E-state index in [1.54, 1.807) is 21.5 Å². The van der Waals surface area contributed by atoms with Crippen molar-refractivity contribution in [1.29, 1.82) is 0 Å². The molecule has 0 amide bonds. The van der Waals surface area contributed by atoms with Crippen molar-refractivity contribution >= 4 is 15.8 Å². The molecule has 3 aromatic carbocycles. The first-order valence-electron chi connectivity index (χ1n) is 18.2. The van der Waals surface area contributed by atoms with Gasteiger partial charge in [0.1, 0.15) is 0 Å². The van der Waals surface area contributed by atoms with E-state index in [4.69, 9.17) is 0 Å². The van der Waals surface area contributed by atoms with Crippen LogP contribution >= 0.6 is 0 Å². The van der Waals surface area contributed by atoms with Crippen molar-refractivity contribution in [2.24, 2.45) is 29.1 Å². The first kappa shape index (κ1) is 36.4. The third kappa shape index (κ3) is 5.63. The second kappa shape index (κ2) is 13.9.